The van der Waals surface area contributed by atoms with Crippen molar-refractivity contribution in [2.24, 2.45) is 0 Å². The van der Waals surface area contributed by atoms with Crippen LogP contribution in [0.4, 0.5) is 0 Å². The number of rotatable bonds is 6. The molecule has 0 bridgehead atoms. The molecule has 2 aromatic carbocycles. The third kappa shape index (κ3) is 2.91. The van der Waals surface area contributed by atoms with E-state index in [2.05, 4.69) is 17.1 Å². The van der Waals surface area contributed by atoms with Gasteiger partial charge in [0.1, 0.15) is 22.9 Å². The van der Waals surface area contributed by atoms with Crippen LogP contribution in [0.1, 0.15) is 47.4 Å². The summed E-state index contributed by atoms with van der Waals surface area (Å²) in [7, 11) is 1.63. The van der Waals surface area contributed by atoms with Crippen molar-refractivity contribution in [1.82, 2.24) is 15.1 Å². The fraction of sp³-hybridized carbons (Fsp3) is 0.273. The number of unbranched alkanes of at least 4 members (excludes halogenated alkanes) is 1. The number of nitrogens with zero attached hydrogens (tertiary/aromatic N) is 2. The number of phenolic OH excluding ortho intramolecular Hbond substituents is 1. The topological polar surface area (TPSA) is 78.5 Å². The average molecular weight is 377 g/mol. The molecule has 6 nitrogen and oxygen atoms in total. The number of amides is 1. The Kier molecular flexibility index (Phi) is 4.77. The van der Waals surface area contributed by atoms with E-state index in [0.717, 1.165) is 29.7 Å². The van der Waals surface area contributed by atoms with Gasteiger partial charge in [0.05, 0.1) is 13.2 Å². The molecule has 4 rings (SSSR count). The molecule has 0 fully saturated rings. The lowest BCUT2D eigenvalue weighted by Gasteiger charge is -2.26. The smallest absolute Gasteiger partial charge is 0.273 e. The van der Waals surface area contributed by atoms with E-state index in [0.29, 0.717) is 23.5 Å². The quantitative estimate of drug-likeness (QED) is 0.677. The van der Waals surface area contributed by atoms with Crippen LogP contribution in [0.2, 0.25) is 0 Å². The molecule has 1 aromatic heterocycles. The summed E-state index contributed by atoms with van der Waals surface area (Å²) in [5.74, 6) is 0.852. The molecular formula is C22H23N3O3. The maximum Gasteiger partial charge on any atom is 0.273 e. The summed E-state index contributed by atoms with van der Waals surface area (Å²) in [6, 6.07) is 14.6. The first-order valence-corrected chi connectivity index (χ1v) is 9.47. The van der Waals surface area contributed by atoms with Crippen LogP contribution in [0, 0.1) is 0 Å². The predicted octanol–water partition coefficient (Wildman–Crippen LogP) is 4.14. The number of nitrogens with one attached hydrogen (secondary N) is 1. The number of carbonyl (C=O) groups excluding carboxylic acids is 1. The number of aromatic hydroxyl groups is 1. The predicted molar refractivity (Wildman–Crippen MR) is 106 cm³/mol. The van der Waals surface area contributed by atoms with E-state index >= 15 is 0 Å². The van der Waals surface area contributed by atoms with Crippen LogP contribution >= 0.6 is 0 Å². The average Bonchev–Trinajstić information content (AvgIpc) is 3.26. The van der Waals surface area contributed by atoms with Crippen molar-refractivity contribution in [2.75, 3.05) is 13.7 Å². The second-order valence-corrected chi connectivity index (χ2v) is 6.91. The lowest BCUT2D eigenvalue weighted by Crippen LogP contribution is -2.30. The lowest BCUT2D eigenvalue weighted by atomic mass is 9.95. The molecule has 28 heavy (non-hydrogen) atoms. The number of hydrogen-bond acceptors (Lipinski definition) is 4. The summed E-state index contributed by atoms with van der Waals surface area (Å²) in [5, 5.41) is 17.6. The SMILES string of the molecule is CCCCN1C(=O)c2[nH]nc(-c3ccccc3O)c2[C@@H]1c1ccc(OC)cc1. The fourth-order valence-corrected chi connectivity index (χ4v) is 3.77. The summed E-state index contributed by atoms with van der Waals surface area (Å²) < 4.78 is 5.28. The second-order valence-electron chi connectivity index (χ2n) is 6.91. The van der Waals surface area contributed by atoms with Crippen molar-refractivity contribution in [1.29, 1.82) is 0 Å². The third-order valence-corrected chi connectivity index (χ3v) is 5.21. The number of aromatic nitrogens is 2. The summed E-state index contributed by atoms with van der Waals surface area (Å²) >= 11 is 0. The van der Waals surface area contributed by atoms with E-state index in [4.69, 9.17) is 4.74 Å². The Morgan fingerprint density at radius 2 is 1.93 bits per heavy atom. The van der Waals surface area contributed by atoms with Crippen LogP contribution < -0.4 is 4.74 Å². The van der Waals surface area contributed by atoms with E-state index in [-0.39, 0.29) is 17.7 Å². The highest BCUT2D eigenvalue weighted by Crippen LogP contribution is 2.44. The molecule has 1 aliphatic rings. The molecule has 0 aliphatic carbocycles. The van der Waals surface area contributed by atoms with Crippen LogP contribution in [0.3, 0.4) is 0 Å². The van der Waals surface area contributed by atoms with Gasteiger partial charge < -0.3 is 14.7 Å². The molecule has 1 aliphatic heterocycles. The summed E-state index contributed by atoms with van der Waals surface area (Å²) in [5.41, 5.74) is 3.52. The Morgan fingerprint density at radius 3 is 2.61 bits per heavy atom. The van der Waals surface area contributed by atoms with E-state index in [1.54, 1.807) is 19.2 Å². The molecule has 0 saturated carbocycles. The molecule has 0 saturated heterocycles. The van der Waals surface area contributed by atoms with Crippen molar-refractivity contribution in [3.63, 3.8) is 0 Å². The van der Waals surface area contributed by atoms with Gasteiger partial charge in [-0.3, -0.25) is 9.89 Å². The largest absolute Gasteiger partial charge is 0.507 e. The first-order valence-electron chi connectivity index (χ1n) is 9.47. The number of para-hydroxylation sites is 1. The minimum atomic E-state index is -0.256. The maximum atomic E-state index is 13.1. The summed E-state index contributed by atoms with van der Waals surface area (Å²) in [4.78, 5) is 15.0. The minimum Gasteiger partial charge on any atom is -0.507 e. The van der Waals surface area contributed by atoms with Crippen molar-refractivity contribution in [3.05, 3.63) is 65.4 Å². The standard InChI is InChI=1S/C22H23N3O3/c1-3-4-13-25-21(14-9-11-15(28-2)12-10-14)18-19(23-24-20(18)22(25)27)16-7-5-6-8-17(16)26/h5-12,21,26H,3-4,13H2,1-2H3,(H,23,24)/t21-/m0/s1. The normalized spacial score (nSPS) is 15.7. The minimum absolute atomic E-state index is 0.0570. The summed E-state index contributed by atoms with van der Waals surface area (Å²) in [6.07, 6.45) is 1.92. The van der Waals surface area contributed by atoms with Crippen molar-refractivity contribution in [3.8, 4) is 22.8 Å². The Morgan fingerprint density at radius 1 is 1.18 bits per heavy atom. The molecule has 1 amide bonds. The van der Waals surface area contributed by atoms with Crippen molar-refractivity contribution >= 4 is 5.91 Å². The fourth-order valence-electron chi connectivity index (χ4n) is 3.77. The number of carbonyl (C=O) groups is 1. The number of hydrogen-bond donors (Lipinski definition) is 2. The van der Waals surface area contributed by atoms with Crippen LogP contribution in [-0.4, -0.2) is 39.8 Å². The van der Waals surface area contributed by atoms with Gasteiger partial charge in [-0.25, -0.2) is 0 Å². The Balaban J connectivity index is 1.86. The number of H-pyrrole nitrogens is 1. The molecule has 3 aromatic rings. The highest BCUT2D eigenvalue weighted by Gasteiger charge is 2.42. The van der Waals surface area contributed by atoms with Gasteiger partial charge in [-0.2, -0.15) is 5.10 Å². The molecule has 0 spiro atoms. The Bertz CT molecular complexity index is 995. The van der Waals surface area contributed by atoms with E-state index in [1.165, 1.54) is 0 Å². The van der Waals surface area contributed by atoms with Gasteiger partial charge in [-0.05, 0) is 36.2 Å². The summed E-state index contributed by atoms with van der Waals surface area (Å²) in [6.45, 7) is 2.77. The molecule has 2 heterocycles. The van der Waals surface area contributed by atoms with Gasteiger partial charge in [0, 0.05) is 17.7 Å². The Labute approximate surface area is 163 Å². The van der Waals surface area contributed by atoms with E-state index < -0.39 is 0 Å². The van der Waals surface area contributed by atoms with Crippen LogP contribution in [0.5, 0.6) is 11.5 Å². The van der Waals surface area contributed by atoms with Gasteiger partial charge in [0.25, 0.3) is 5.91 Å². The van der Waals surface area contributed by atoms with Gasteiger partial charge in [0.15, 0.2) is 0 Å². The van der Waals surface area contributed by atoms with E-state index in [1.807, 2.05) is 41.3 Å². The number of fused-ring (bicyclic) bond motifs is 1. The molecule has 144 valence electrons. The third-order valence-electron chi connectivity index (χ3n) is 5.21. The van der Waals surface area contributed by atoms with Gasteiger partial charge in [-0.15, -0.1) is 0 Å². The van der Waals surface area contributed by atoms with Crippen LogP contribution in [0.15, 0.2) is 48.5 Å². The second kappa shape index (κ2) is 7.38. The zero-order valence-electron chi connectivity index (χ0n) is 16.0. The molecule has 0 radical (unpaired) electrons. The molecule has 6 heteroatoms. The van der Waals surface area contributed by atoms with Gasteiger partial charge >= 0.3 is 0 Å². The monoisotopic (exact) mass is 377 g/mol. The zero-order chi connectivity index (χ0) is 19.7. The van der Waals surface area contributed by atoms with Crippen LogP contribution in [-0.2, 0) is 0 Å². The lowest BCUT2D eigenvalue weighted by molar-refractivity contribution is 0.0741. The number of aromatic amines is 1. The van der Waals surface area contributed by atoms with Crippen molar-refractivity contribution < 1.29 is 14.6 Å². The van der Waals surface area contributed by atoms with Crippen LogP contribution in [0.25, 0.3) is 11.3 Å². The first kappa shape index (κ1) is 18.1. The number of benzene rings is 2. The molecule has 1 atom stereocenters. The highest BCUT2D eigenvalue weighted by atomic mass is 16.5. The molecular weight excluding hydrogens is 354 g/mol. The zero-order valence-corrected chi connectivity index (χ0v) is 16.0. The first-order chi connectivity index (χ1) is 13.7. The van der Waals surface area contributed by atoms with Gasteiger partial charge in [-0.1, -0.05) is 37.6 Å². The number of ether oxygens (including phenoxy) is 1. The number of methoxy groups -OCH3 is 1. The van der Waals surface area contributed by atoms with E-state index in [9.17, 15) is 9.90 Å². The Hall–Kier alpha value is -3.28. The maximum absolute atomic E-state index is 13.1. The van der Waals surface area contributed by atoms with Crippen molar-refractivity contribution in [2.45, 2.75) is 25.8 Å². The number of phenols is 1. The molecule has 2 N–H and O–H groups in total. The van der Waals surface area contributed by atoms with Gasteiger partial charge in [0.2, 0.25) is 0 Å². The highest BCUT2D eigenvalue weighted by molar-refractivity contribution is 6.00. The molecule has 0 unspecified atom stereocenters.